The molecule has 1 atom stereocenters. The summed E-state index contributed by atoms with van der Waals surface area (Å²) in [7, 11) is 0. The van der Waals surface area contributed by atoms with Gasteiger partial charge in [-0.2, -0.15) is 0 Å². The van der Waals surface area contributed by atoms with Crippen molar-refractivity contribution >= 4 is 11.6 Å². The van der Waals surface area contributed by atoms with E-state index in [2.05, 4.69) is 17.6 Å². The van der Waals surface area contributed by atoms with Crippen LogP contribution >= 0.6 is 0 Å². The Hall–Kier alpha value is -2.23. The van der Waals surface area contributed by atoms with Crippen molar-refractivity contribution in [2.75, 3.05) is 11.9 Å². The Bertz CT molecular complexity index is 591. The van der Waals surface area contributed by atoms with E-state index in [9.17, 15) is 4.79 Å². The topological polar surface area (TPSA) is 54.3 Å². The van der Waals surface area contributed by atoms with Crippen LogP contribution in [-0.4, -0.2) is 18.5 Å². The van der Waals surface area contributed by atoms with E-state index in [-0.39, 0.29) is 11.9 Å². The molecule has 0 bridgehead atoms. The fourth-order valence-electron chi connectivity index (χ4n) is 2.23. The van der Waals surface area contributed by atoms with Crippen molar-refractivity contribution in [2.24, 2.45) is 0 Å². The summed E-state index contributed by atoms with van der Waals surface area (Å²) in [5.41, 5.74) is 2.78. The van der Waals surface area contributed by atoms with Gasteiger partial charge in [-0.15, -0.1) is 0 Å². The van der Waals surface area contributed by atoms with Gasteiger partial charge in [-0.1, -0.05) is 6.07 Å². The second kappa shape index (κ2) is 6.97. The van der Waals surface area contributed by atoms with E-state index in [1.165, 1.54) is 0 Å². The molecule has 2 N–H and O–H groups in total. The lowest BCUT2D eigenvalue weighted by Crippen LogP contribution is -2.23. The fraction of sp³-hybridized carbons (Fsp3) is 0.353. The predicted octanol–water partition coefficient (Wildman–Crippen LogP) is 3.38. The molecular weight excluding hydrogens is 264 g/mol. The number of furan rings is 1. The lowest BCUT2D eigenvalue weighted by Gasteiger charge is -2.17. The maximum Gasteiger partial charge on any atom is 0.251 e. The summed E-state index contributed by atoms with van der Waals surface area (Å²) in [5, 5.41) is 6.26. The van der Waals surface area contributed by atoms with Crippen molar-refractivity contribution in [1.29, 1.82) is 0 Å². The van der Waals surface area contributed by atoms with Crippen LogP contribution in [0.2, 0.25) is 0 Å². The minimum atomic E-state index is -0.0424. The minimum absolute atomic E-state index is 0.0424. The maximum atomic E-state index is 11.9. The summed E-state index contributed by atoms with van der Waals surface area (Å²) < 4.78 is 5.36. The SMILES string of the molecule is CCNC(=O)c1ccc(C)c(NC(C)Cc2ccco2)c1. The van der Waals surface area contributed by atoms with Crippen LogP contribution in [0.3, 0.4) is 0 Å². The highest BCUT2D eigenvalue weighted by Gasteiger charge is 2.10. The molecule has 0 aliphatic heterocycles. The highest BCUT2D eigenvalue weighted by Crippen LogP contribution is 2.19. The predicted molar refractivity (Wildman–Crippen MR) is 84.7 cm³/mol. The molecule has 1 heterocycles. The normalized spacial score (nSPS) is 12.0. The minimum Gasteiger partial charge on any atom is -0.469 e. The number of amides is 1. The van der Waals surface area contributed by atoms with Crippen LogP contribution in [0, 0.1) is 6.92 Å². The van der Waals surface area contributed by atoms with E-state index in [1.54, 1.807) is 6.26 Å². The molecule has 0 saturated carbocycles. The van der Waals surface area contributed by atoms with E-state index >= 15 is 0 Å². The third-order valence-electron chi connectivity index (χ3n) is 3.33. The first-order valence-corrected chi connectivity index (χ1v) is 7.28. The van der Waals surface area contributed by atoms with Gasteiger partial charge in [0.25, 0.3) is 5.91 Å². The van der Waals surface area contributed by atoms with Crippen molar-refractivity contribution in [3.05, 3.63) is 53.5 Å². The second-order valence-corrected chi connectivity index (χ2v) is 5.22. The Kier molecular flexibility index (Phi) is 5.04. The van der Waals surface area contributed by atoms with Gasteiger partial charge < -0.3 is 15.1 Å². The molecule has 0 aliphatic carbocycles. The lowest BCUT2D eigenvalue weighted by atomic mass is 10.1. The number of benzene rings is 1. The van der Waals surface area contributed by atoms with Crippen molar-refractivity contribution in [1.82, 2.24) is 5.32 Å². The largest absolute Gasteiger partial charge is 0.469 e. The molecule has 1 aromatic heterocycles. The summed E-state index contributed by atoms with van der Waals surface area (Å²) in [5.74, 6) is 0.909. The summed E-state index contributed by atoms with van der Waals surface area (Å²) in [4.78, 5) is 11.9. The van der Waals surface area contributed by atoms with Crippen molar-refractivity contribution < 1.29 is 9.21 Å². The van der Waals surface area contributed by atoms with E-state index in [4.69, 9.17) is 4.42 Å². The summed E-state index contributed by atoms with van der Waals surface area (Å²) in [6, 6.07) is 9.80. The Morgan fingerprint density at radius 2 is 2.14 bits per heavy atom. The van der Waals surface area contributed by atoms with Crippen LogP contribution in [-0.2, 0) is 6.42 Å². The van der Waals surface area contributed by atoms with Crippen LogP contribution in [0.4, 0.5) is 5.69 Å². The van der Waals surface area contributed by atoms with Gasteiger partial charge >= 0.3 is 0 Å². The molecule has 1 aromatic carbocycles. The number of carbonyl (C=O) groups is 1. The van der Waals surface area contributed by atoms with Gasteiger partial charge in [0.1, 0.15) is 5.76 Å². The van der Waals surface area contributed by atoms with Gasteiger partial charge in [-0.25, -0.2) is 0 Å². The van der Waals surface area contributed by atoms with E-state index in [0.29, 0.717) is 12.1 Å². The molecule has 0 fully saturated rings. The van der Waals surface area contributed by atoms with Crippen LogP contribution in [0.15, 0.2) is 41.0 Å². The number of rotatable bonds is 6. The number of hydrogen-bond acceptors (Lipinski definition) is 3. The maximum absolute atomic E-state index is 11.9. The molecule has 0 saturated heterocycles. The molecule has 0 aliphatic rings. The van der Waals surface area contributed by atoms with E-state index in [0.717, 1.165) is 23.4 Å². The Balaban J connectivity index is 2.07. The zero-order chi connectivity index (χ0) is 15.2. The molecule has 112 valence electrons. The molecule has 2 aromatic rings. The molecule has 4 heteroatoms. The average molecular weight is 286 g/mol. The monoisotopic (exact) mass is 286 g/mol. The molecule has 21 heavy (non-hydrogen) atoms. The molecule has 2 rings (SSSR count). The molecule has 0 radical (unpaired) electrons. The molecule has 4 nitrogen and oxygen atoms in total. The zero-order valence-electron chi connectivity index (χ0n) is 12.8. The summed E-state index contributed by atoms with van der Waals surface area (Å²) in [6.45, 7) is 6.67. The average Bonchev–Trinajstić information content (AvgIpc) is 2.94. The first-order chi connectivity index (χ1) is 10.1. The van der Waals surface area contributed by atoms with Crippen LogP contribution in [0.25, 0.3) is 0 Å². The first-order valence-electron chi connectivity index (χ1n) is 7.28. The van der Waals surface area contributed by atoms with Gasteiger partial charge in [-0.3, -0.25) is 4.79 Å². The first kappa shape index (κ1) is 15.2. The fourth-order valence-corrected chi connectivity index (χ4v) is 2.23. The Labute approximate surface area is 125 Å². The highest BCUT2D eigenvalue weighted by atomic mass is 16.3. The molecular formula is C17H22N2O2. The van der Waals surface area contributed by atoms with Crippen molar-refractivity contribution in [3.63, 3.8) is 0 Å². The van der Waals surface area contributed by atoms with Crippen molar-refractivity contribution in [3.8, 4) is 0 Å². The standard InChI is InChI=1S/C17H22N2O2/c1-4-18-17(20)14-8-7-12(2)16(11-14)19-13(3)10-15-6-5-9-21-15/h5-9,11,13,19H,4,10H2,1-3H3,(H,18,20). The third kappa shape index (κ3) is 4.12. The number of nitrogens with one attached hydrogen (secondary N) is 2. The number of anilines is 1. The molecule has 0 spiro atoms. The van der Waals surface area contributed by atoms with E-state index in [1.807, 2.05) is 44.2 Å². The lowest BCUT2D eigenvalue weighted by molar-refractivity contribution is 0.0956. The molecule has 1 unspecified atom stereocenters. The summed E-state index contributed by atoms with van der Waals surface area (Å²) >= 11 is 0. The molecule has 1 amide bonds. The van der Waals surface area contributed by atoms with Crippen LogP contribution in [0.5, 0.6) is 0 Å². The van der Waals surface area contributed by atoms with Gasteiger partial charge in [0, 0.05) is 30.3 Å². The second-order valence-electron chi connectivity index (χ2n) is 5.22. The highest BCUT2D eigenvalue weighted by molar-refractivity contribution is 5.95. The summed E-state index contributed by atoms with van der Waals surface area (Å²) in [6.07, 6.45) is 2.49. The Morgan fingerprint density at radius 3 is 2.81 bits per heavy atom. The zero-order valence-corrected chi connectivity index (χ0v) is 12.8. The number of aryl methyl sites for hydroxylation is 1. The number of hydrogen-bond donors (Lipinski definition) is 2. The van der Waals surface area contributed by atoms with Gasteiger partial charge in [-0.05, 0) is 50.6 Å². The van der Waals surface area contributed by atoms with Gasteiger partial charge in [0.2, 0.25) is 0 Å². The smallest absolute Gasteiger partial charge is 0.251 e. The van der Waals surface area contributed by atoms with Gasteiger partial charge in [0.15, 0.2) is 0 Å². The Morgan fingerprint density at radius 1 is 1.33 bits per heavy atom. The number of carbonyl (C=O) groups excluding carboxylic acids is 1. The van der Waals surface area contributed by atoms with Gasteiger partial charge in [0.05, 0.1) is 6.26 Å². The van der Waals surface area contributed by atoms with Crippen LogP contribution in [0.1, 0.15) is 35.5 Å². The van der Waals surface area contributed by atoms with Crippen molar-refractivity contribution in [2.45, 2.75) is 33.2 Å². The van der Waals surface area contributed by atoms with E-state index < -0.39 is 0 Å². The third-order valence-corrected chi connectivity index (χ3v) is 3.33. The van der Waals surface area contributed by atoms with Crippen LogP contribution < -0.4 is 10.6 Å². The quantitative estimate of drug-likeness (QED) is 0.856.